The molecule has 0 saturated heterocycles. The zero-order valence-corrected chi connectivity index (χ0v) is 20.1. The highest BCUT2D eigenvalue weighted by Gasteiger charge is 2.29. The van der Waals surface area contributed by atoms with Crippen LogP contribution in [0.15, 0.2) is 82.7 Å². The minimum Gasteiger partial charge on any atom is -0.497 e. The molecule has 0 atom stereocenters. The van der Waals surface area contributed by atoms with Gasteiger partial charge in [-0.25, -0.2) is 8.42 Å². The second-order valence-corrected chi connectivity index (χ2v) is 9.56. The van der Waals surface area contributed by atoms with E-state index < -0.39 is 15.6 Å². The van der Waals surface area contributed by atoms with E-state index in [1.807, 2.05) is 26.0 Å². The van der Waals surface area contributed by atoms with Crippen LogP contribution in [-0.2, 0) is 16.3 Å². The first-order valence-corrected chi connectivity index (χ1v) is 12.5. The van der Waals surface area contributed by atoms with Crippen LogP contribution in [0.3, 0.4) is 0 Å². The average Bonchev–Trinajstić information content (AvgIpc) is 2.87. The van der Waals surface area contributed by atoms with E-state index in [2.05, 4.69) is 4.98 Å². The fraction of sp³-hybridized carbons (Fsp3) is 0.185. The lowest BCUT2D eigenvalue weighted by atomic mass is 10.0. The van der Waals surface area contributed by atoms with Gasteiger partial charge < -0.3 is 9.47 Å². The molecule has 174 valence electrons. The summed E-state index contributed by atoms with van der Waals surface area (Å²) in [5.74, 6) is 0.619. The fourth-order valence-corrected chi connectivity index (χ4v) is 5.39. The number of rotatable bonds is 8. The molecule has 1 aromatic heterocycles. The number of ketones is 1. The Morgan fingerprint density at radius 2 is 1.59 bits per heavy atom. The molecule has 0 bridgehead atoms. The minimum atomic E-state index is -4.09. The normalized spacial score (nSPS) is 11.4. The number of aryl methyl sites for hydroxylation is 1. The maximum absolute atomic E-state index is 13.9. The largest absolute Gasteiger partial charge is 0.497 e. The van der Waals surface area contributed by atoms with E-state index in [4.69, 9.17) is 9.47 Å². The van der Waals surface area contributed by atoms with Crippen LogP contribution in [0.2, 0.25) is 0 Å². The zero-order chi connectivity index (χ0) is 24.3. The van der Waals surface area contributed by atoms with Crippen LogP contribution >= 0.6 is 0 Å². The molecular formula is C27H25NO5S. The molecule has 0 aliphatic heterocycles. The molecule has 0 unspecified atom stereocenters. The Balaban J connectivity index is 1.95. The Morgan fingerprint density at radius 3 is 2.21 bits per heavy atom. The first-order chi connectivity index (χ1) is 16.4. The summed E-state index contributed by atoms with van der Waals surface area (Å²) in [4.78, 5) is 17.9. The number of hydrogen-bond acceptors (Lipinski definition) is 6. The van der Waals surface area contributed by atoms with Crippen molar-refractivity contribution in [2.24, 2.45) is 0 Å². The van der Waals surface area contributed by atoms with Gasteiger partial charge in [-0.1, -0.05) is 31.2 Å². The molecule has 0 spiro atoms. The molecule has 4 rings (SSSR count). The van der Waals surface area contributed by atoms with E-state index in [9.17, 15) is 13.2 Å². The summed E-state index contributed by atoms with van der Waals surface area (Å²) in [7, 11) is -2.59. The Labute approximate surface area is 199 Å². The molecule has 0 aliphatic rings. The maximum Gasteiger partial charge on any atom is 0.208 e. The van der Waals surface area contributed by atoms with Crippen LogP contribution in [0.25, 0.3) is 10.9 Å². The molecule has 3 aromatic carbocycles. The molecule has 1 heterocycles. The predicted molar refractivity (Wildman–Crippen MR) is 131 cm³/mol. The van der Waals surface area contributed by atoms with Crippen LogP contribution in [0.4, 0.5) is 0 Å². The highest BCUT2D eigenvalue weighted by atomic mass is 32.2. The number of pyridine rings is 1. The van der Waals surface area contributed by atoms with Crippen molar-refractivity contribution < 1.29 is 22.7 Å². The lowest BCUT2D eigenvalue weighted by Crippen LogP contribution is -2.13. The third-order valence-corrected chi connectivity index (χ3v) is 7.48. The molecule has 0 saturated carbocycles. The van der Waals surface area contributed by atoms with E-state index in [1.165, 1.54) is 25.4 Å². The molecular weight excluding hydrogens is 450 g/mol. The van der Waals surface area contributed by atoms with Crippen molar-refractivity contribution in [3.63, 3.8) is 0 Å². The average molecular weight is 476 g/mol. The molecule has 7 heteroatoms. The summed E-state index contributed by atoms with van der Waals surface area (Å²) in [6.07, 6.45) is 2.18. The quantitative estimate of drug-likeness (QED) is 0.323. The Kier molecular flexibility index (Phi) is 6.65. The van der Waals surface area contributed by atoms with Gasteiger partial charge in [0.2, 0.25) is 9.84 Å². The maximum atomic E-state index is 13.9. The standard InChI is InChI=1S/C27H25NO5S/c1-4-18-6-8-19(9-7-18)26(29)24-17-28-25-15-12-21(32-3)16-23(25)27(24)34(30,31)22-13-10-20(11-14-22)33-5-2/h6-17H,4-5H2,1-3H3. The highest BCUT2D eigenvalue weighted by Crippen LogP contribution is 2.34. The summed E-state index contributed by atoms with van der Waals surface area (Å²) in [5, 5.41) is 0.323. The topological polar surface area (TPSA) is 82.6 Å². The summed E-state index contributed by atoms with van der Waals surface area (Å²) < 4.78 is 38.6. The van der Waals surface area contributed by atoms with Crippen molar-refractivity contribution in [2.75, 3.05) is 13.7 Å². The first-order valence-electron chi connectivity index (χ1n) is 11.0. The highest BCUT2D eigenvalue weighted by molar-refractivity contribution is 7.91. The Bertz CT molecular complexity index is 1440. The second-order valence-electron chi connectivity index (χ2n) is 7.67. The zero-order valence-electron chi connectivity index (χ0n) is 19.2. The molecule has 0 N–H and O–H groups in total. The van der Waals surface area contributed by atoms with Crippen molar-refractivity contribution in [3.05, 3.63) is 89.6 Å². The summed E-state index contributed by atoms with van der Waals surface area (Å²) in [6.45, 7) is 4.35. The van der Waals surface area contributed by atoms with Crippen molar-refractivity contribution in [3.8, 4) is 11.5 Å². The van der Waals surface area contributed by atoms with Crippen LogP contribution in [0.5, 0.6) is 11.5 Å². The number of fused-ring (bicyclic) bond motifs is 1. The number of benzene rings is 3. The van der Waals surface area contributed by atoms with Crippen LogP contribution in [0, 0.1) is 0 Å². The van der Waals surface area contributed by atoms with E-state index in [-0.39, 0.29) is 15.4 Å². The van der Waals surface area contributed by atoms with Gasteiger partial charge in [0.15, 0.2) is 5.78 Å². The second kappa shape index (κ2) is 9.65. The van der Waals surface area contributed by atoms with Crippen LogP contribution in [0.1, 0.15) is 35.3 Å². The molecule has 4 aromatic rings. The van der Waals surface area contributed by atoms with Crippen LogP contribution in [-0.4, -0.2) is 32.9 Å². The van der Waals surface area contributed by atoms with Gasteiger partial charge in [-0.05, 0) is 61.4 Å². The van der Waals surface area contributed by atoms with Crippen molar-refractivity contribution in [2.45, 2.75) is 30.1 Å². The van der Waals surface area contributed by atoms with Gasteiger partial charge in [-0.2, -0.15) is 0 Å². The molecule has 0 radical (unpaired) electrons. The minimum absolute atomic E-state index is 0.0129. The number of methoxy groups -OCH3 is 1. The van der Waals surface area contributed by atoms with Crippen molar-refractivity contribution in [1.82, 2.24) is 4.98 Å². The summed E-state index contributed by atoms with van der Waals surface area (Å²) >= 11 is 0. The fourth-order valence-electron chi connectivity index (χ4n) is 3.77. The van der Waals surface area contributed by atoms with Gasteiger partial charge in [0, 0.05) is 17.1 Å². The van der Waals surface area contributed by atoms with Crippen LogP contribution < -0.4 is 9.47 Å². The monoisotopic (exact) mass is 475 g/mol. The molecule has 34 heavy (non-hydrogen) atoms. The number of nitrogens with zero attached hydrogens (tertiary/aromatic N) is 1. The molecule has 0 amide bonds. The first kappa shape index (κ1) is 23.4. The van der Waals surface area contributed by atoms with Gasteiger partial charge in [0.25, 0.3) is 0 Å². The van der Waals surface area contributed by atoms with Gasteiger partial charge in [-0.3, -0.25) is 9.78 Å². The lowest BCUT2D eigenvalue weighted by molar-refractivity contribution is 0.103. The van der Waals surface area contributed by atoms with Gasteiger partial charge in [-0.15, -0.1) is 0 Å². The third-order valence-electron chi connectivity index (χ3n) is 5.61. The number of sulfone groups is 1. The number of carbonyl (C=O) groups excluding carboxylic acids is 1. The van der Waals surface area contributed by atoms with Gasteiger partial charge in [0.05, 0.1) is 34.6 Å². The summed E-state index contributed by atoms with van der Waals surface area (Å²) in [6, 6.07) is 18.3. The SMILES string of the molecule is CCOc1ccc(S(=O)(=O)c2c(C(=O)c3ccc(CC)cc3)cnc3ccc(OC)cc23)cc1. The number of carbonyl (C=O) groups is 1. The predicted octanol–water partition coefficient (Wildman–Crippen LogP) is 5.27. The van der Waals surface area contributed by atoms with E-state index in [0.29, 0.717) is 34.6 Å². The Hall–Kier alpha value is -3.71. The van der Waals surface area contributed by atoms with Gasteiger partial charge in [0.1, 0.15) is 11.5 Å². The smallest absolute Gasteiger partial charge is 0.208 e. The molecule has 0 aliphatic carbocycles. The Morgan fingerprint density at radius 1 is 0.912 bits per heavy atom. The van der Waals surface area contributed by atoms with Crippen molar-refractivity contribution >= 4 is 26.5 Å². The number of ether oxygens (including phenoxy) is 2. The lowest BCUT2D eigenvalue weighted by Gasteiger charge is -2.14. The van der Waals surface area contributed by atoms with Crippen molar-refractivity contribution in [1.29, 1.82) is 0 Å². The van der Waals surface area contributed by atoms with E-state index in [1.54, 1.807) is 42.5 Å². The summed E-state index contributed by atoms with van der Waals surface area (Å²) in [5.41, 5.74) is 1.94. The molecule has 6 nitrogen and oxygen atoms in total. The van der Waals surface area contributed by atoms with E-state index >= 15 is 0 Å². The molecule has 0 fully saturated rings. The number of aromatic nitrogens is 1. The number of hydrogen-bond donors (Lipinski definition) is 0. The van der Waals surface area contributed by atoms with E-state index in [0.717, 1.165) is 12.0 Å². The van der Waals surface area contributed by atoms with Gasteiger partial charge >= 0.3 is 0 Å². The third kappa shape index (κ3) is 4.39.